The van der Waals surface area contributed by atoms with Crippen LogP contribution >= 0.6 is 11.6 Å². The van der Waals surface area contributed by atoms with Crippen LogP contribution in [0.5, 0.6) is 11.5 Å². The van der Waals surface area contributed by atoms with Crippen molar-refractivity contribution >= 4 is 33.2 Å². The van der Waals surface area contributed by atoms with E-state index in [9.17, 15) is 13.2 Å². The van der Waals surface area contributed by atoms with E-state index in [2.05, 4.69) is 5.32 Å². The number of sulfonamides is 1. The van der Waals surface area contributed by atoms with E-state index in [4.69, 9.17) is 21.1 Å². The lowest BCUT2D eigenvalue weighted by molar-refractivity contribution is -0.118. The first kappa shape index (κ1) is 20.4. The van der Waals surface area contributed by atoms with Crippen molar-refractivity contribution in [1.29, 1.82) is 0 Å². The Morgan fingerprint density at radius 3 is 2.54 bits per heavy atom. The number of amides is 1. The fourth-order valence-electron chi connectivity index (χ4n) is 2.91. The smallest absolute Gasteiger partial charge is 0.262 e. The number of ether oxygens (including phenoxy) is 2. The van der Waals surface area contributed by atoms with Crippen molar-refractivity contribution in [2.75, 3.05) is 32.1 Å². The molecule has 0 unspecified atom stereocenters. The van der Waals surface area contributed by atoms with Crippen molar-refractivity contribution in [3.63, 3.8) is 0 Å². The molecule has 1 N–H and O–H groups in total. The minimum atomic E-state index is -3.56. The van der Waals surface area contributed by atoms with Crippen molar-refractivity contribution in [2.45, 2.75) is 17.7 Å². The Morgan fingerprint density at radius 1 is 1.14 bits per heavy atom. The molecule has 0 spiro atoms. The van der Waals surface area contributed by atoms with Crippen LogP contribution in [-0.2, 0) is 14.8 Å². The van der Waals surface area contributed by atoms with Gasteiger partial charge in [0.2, 0.25) is 10.0 Å². The molecule has 0 saturated carbocycles. The normalized spacial score (nSPS) is 14.6. The summed E-state index contributed by atoms with van der Waals surface area (Å²) in [6.45, 7) is 0.749. The average molecular weight is 425 g/mol. The highest BCUT2D eigenvalue weighted by atomic mass is 35.5. The summed E-state index contributed by atoms with van der Waals surface area (Å²) in [4.78, 5) is 12.2. The van der Waals surface area contributed by atoms with Crippen molar-refractivity contribution in [3.8, 4) is 11.5 Å². The van der Waals surface area contributed by atoms with Gasteiger partial charge >= 0.3 is 0 Å². The van der Waals surface area contributed by atoms with E-state index in [-0.39, 0.29) is 22.3 Å². The molecule has 1 amide bonds. The summed E-state index contributed by atoms with van der Waals surface area (Å²) in [6.07, 6.45) is 1.71. The van der Waals surface area contributed by atoms with E-state index < -0.39 is 15.9 Å². The average Bonchev–Trinajstić information content (AvgIpc) is 3.23. The van der Waals surface area contributed by atoms with Gasteiger partial charge in [0.15, 0.2) is 6.61 Å². The van der Waals surface area contributed by atoms with E-state index in [0.717, 1.165) is 12.8 Å². The molecule has 1 aliphatic heterocycles. The number of nitrogens with one attached hydrogen (secondary N) is 1. The Bertz CT molecular complexity index is 959. The van der Waals surface area contributed by atoms with Gasteiger partial charge in [-0.25, -0.2) is 8.42 Å². The maximum atomic E-state index is 12.6. The first-order valence-electron chi connectivity index (χ1n) is 8.77. The zero-order chi connectivity index (χ0) is 20.1. The number of hydrogen-bond acceptors (Lipinski definition) is 5. The van der Waals surface area contributed by atoms with Gasteiger partial charge in [-0.15, -0.1) is 0 Å². The van der Waals surface area contributed by atoms with Gasteiger partial charge in [0, 0.05) is 13.1 Å². The summed E-state index contributed by atoms with van der Waals surface area (Å²) < 4.78 is 37.2. The summed E-state index contributed by atoms with van der Waals surface area (Å²) in [6, 6.07) is 11.3. The maximum absolute atomic E-state index is 12.6. The molecule has 9 heteroatoms. The van der Waals surface area contributed by atoms with E-state index >= 15 is 0 Å². The van der Waals surface area contributed by atoms with E-state index in [1.54, 1.807) is 24.3 Å². The van der Waals surface area contributed by atoms with Crippen LogP contribution in [-0.4, -0.2) is 45.4 Å². The van der Waals surface area contributed by atoms with Crippen LogP contribution < -0.4 is 14.8 Å². The first-order valence-corrected chi connectivity index (χ1v) is 10.6. The van der Waals surface area contributed by atoms with Gasteiger partial charge in [-0.1, -0.05) is 23.7 Å². The van der Waals surface area contributed by atoms with Crippen LogP contribution in [0.4, 0.5) is 5.69 Å². The van der Waals surface area contributed by atoms with Crippen LogP contribution in [0.1, 0.15) is 12.8 Å². The van der Waals surface area contributed by atoms with Crippen molar-refractivity contribution < 1.29 is 22.7 Å². The highest BCUT2D eigenvalue weighted by Crippen LogP contribution is 2.30. The lowest BCUT2D eigenvalue weighted by Gasteiger charge is -2.16. The number of methoxy groups -OCH3 is 1. The summed E-state index contributed by atoms with van der Waals surface area (Å²) >= 11 is 6.17. The lowest BCUT2D eigenvalue weighted by atomic mass is 10.3. The molecule has 0 radical (unpaired) electrons. The number of halogens is 1. The number of benzene rings is 2. The summed E-state index contributed by atoms with van der Waals surface area (Å²) in [5.74, 6) is 0.372. The molecule has 28 heavy (non-hydrogen) atoms. The molecule has 2 aromatic rings. The molecular weight excluding hydrogens is 404 g/mol. The quantitative estimate of drug-likeness (QED) is 0.738. The summed E-state index contributed by atoms with van der Waals surface area (Å²) in [5, 5.41) is 2.82. The van der Waals surface area contributed by atoms with Crippen LogP contribution in [0.25, 0.3) is 0 Å². The first-order chi connectivity index (χ1) is 13.4. The molecule has 2 aromatic carbocycles. The van der Waals surface area contributed by atoms with Crippen LogP contribution in [0.2, 0.25) is 5.02 Å². The van der Waals surface area contributed by atoms with Gasteiger partial charge in [-0.05, 0) is 43.2 Å². The number of anilines is 1. The Hall–Kier alpha value is -2.29. The molecule has 1 aliphatic rings. The molecule has 1 saturated heterocycles. The van der Waals surface area contributed by atoms with Gasteiger partial charge in [0.1, 0.15) is 11.5 Å². The molecule has 0 aromatic heterocycles. The van der Waals surface area contributed by atoms with Gasteiger partial charge in [0.05, 0.1) is 22.7 Å². The van der Waals surface area contributed by atoms with Gasteiger partial charge in [-0.3, -0.25) is 4.79 Å². The third-order valence-electron chi connectivity index (χ3n) is 4.35. The fraction of sp³-hybridized carbons (Fsp3) is 0.316. The second kappa shape index (κ2) is 8.81. The number of carbonyl (C=O) groups is 1. The van der Waals surface area contributed by atoms with E-state index in [1.807, 2.05) is 0 Å². The highest BCUT2D eigenvalue weighted by molar-refractivity contribution is 7.89. The van der Waals surface area contributed by atoms with Gasteiger partial charge < -0.3 is 14.8 Å². The summed E-state index contributed by atoms with van der Waals surface area (Å²) in [7, 11) is -2.04. The van der Waals surface area contributed by atoms with Crippen molar-refractivity contribution in [2.24, 2.45) is 0 Å². The van der Waals surface area contributed by atoms with Crippen molar-refractivity contribution in [3.05, 3.63) is 47.5 Å². The predicted octanol–water partition coefficient (Wildman–Crippen LogP) is 3.15. The third-order valence-corrected chi connectivity index (χ3v) is 6.54. The topological polar surface area (TPSA) is 84.9 Å². The maximum Gasteiger partial charge on any atom is 0.262 e. The molecular formula is C19H21ClN2O5S. The third kappa shape index (κ3) is 4.57. The van der Waals surface area contributed by atoms with Gasteiger partial charge in [-0.2, -0.15) is 4.31 Å². The number of carbonyl (C=O) groups excluding carboxylic acids is 1. The Labute approximate surface area is 169 Å². The Balaban J connectivity index is 1.64. The molecule has 0 bridgehead atoms. The molecule has 150 valence electrons. The predicted molar refractivity (Wildman–Crippen MR) is 107 cm³/mol. The second-order valence-electron chi connectivity index (χ2n) is 6.24. The largest absolute Gasteiger partial charge is 0.495 e. The fourth-order valence-corrected chi connectivity index (χ4v) is 4.76. The molecule has 0 aliphatic carbocycles. The highest BCUT2D eigenvalue weighted by Gasteiger charge is 2.27. The number of para-hydroxylation sites is 2. The zero-order valence-corrected chi connectivity index (χ0v) is 16.9. The monoisotopic (exact) mass is 424 g/mol. The molecule has 1 fully saturated rings. The van der Waals surface area contributed by atoms with Crippen LogP contribution in [0.15, 0.2) is 47.4 Å². The second-order valence-corrected chi connectivity index (χ2v) is 8.59. The minimum absolute atomic E-state index is 0.116. The standard InChI is InChI=1S/C19H21ClN2O5S/c1-26-18-7-3-2-6-16(18)21-19(23)13-27-17-9-8-14(12-15(17)20)28(24,25)22-10-4-5-11-22/h2-3,6-9,12H,4-5,10-11,13H2,1H3,(H,21,23). The number of hydrogen-bond donors (Lipinski definition) is 1. The Morgan fingerprint density at radius 2 is 1.86 bits per heavy atom. The summed E-state index contributed by atoms with van der Waals surface area (Å²) in [5.41, 5.74) is 0.525. The van der Waals surface area contributed by atoms with E-state index in [0.29, 0.717) is 24.5 Å². The molecule has 1 heterocycles. The molecule has 7 nitrogen and oxygen atoms in total. The van der Waals surface area contributed by atoms with Crippen LogP contribution in [0, 0.1) is 0 Å². The molecule has 0 atom stereocenters. The molecule has 3 rings (SSSR count). The minimum Gasteiger partial charge on any atom is -0.495 e. The number of nitrogens with zero attached hydrogens (tertiary/aromatic N) is 1. The number of rotatable bonds is 7. The SMILES string of the molecule is COc1ccccc1NC(=O)COc1ccc(S(=O)(=O)N2CCCC2)cc1Cl. The van der Waals surface area contributed by atoms with Crippen molar-refractivity contribution in [1.82, 2.24) is 4.31 Å². The lowest BCUT2D eigenvalue weighted by Crippen LogP contribution is -2.27. The van der Waals surface area contributed by atoms with E-state index in [1.165, 1.54) is 29.6 Å². The zero-order valence-electron chi connectivity index (χ0n) is 15.4. The van der Waals surface area contributed by atoms with Crippen LogP contribution in [0.3, 0.4) is 0 Å². The van der Waals surface area contributed by atoms with Gasteiger partial charge in [0.25, 0.3) is 5.91 Å². The Kier molecular flexibility index (Phi) is 6.43.